The summed E-state index contributed by atoms with van der Waals surface area (Å²) in [6.07, 6.45) is -1.59. The second-order valence-corrected chi connectivity index (χ2v) is 12.3. The van der Waals surface area contributed by atoms with Gasteiger partial charge in [-0.1, -0.05) is 58.0 Å². The number of para-hydroxylation sites is 1. The highest BCUT2D eigenvalue weighted by atomic mass is 16.5. The Morgan fingerprint density at radius 1 is 1.12 bits per heavy atom. The number of aliphatic hydroxyl groups excluding tert-OH is 1. The van der Waals surface area contributed by atoms with Crippen molar-refractivity contribution in [3.8, 4) is 5.75 Å². The van der Waals surface area contributed by atoms with Crippen LogP contribution in [0.4, 0.5) is 5.69 Å². The summed E-state index contributed by atoms with van der Waals surface area (Å²) in [6.45, 7) is 8.38. The first kappa shape index (κ1) is 27.5. The van der Waals surface area contributed by atoms with Gasteiger partial charge in [0.2, 0.25) is 23.6 Å². The summed E-state index contributed by atoms with van der Waals surface area (Å²) < 4.78 is 19.3. The second kappa shape index (κ2) is 10.1. The van der Waals surface area contributed by atoms with Crippen LogP contribution in [0.2, 0.25) is 0 Å². The number of aliphatic imine (C=N–C) groups is 1. The minimum absolute atomic E-state index is 0.120. The predicted octanol–water partition coefficient (Wildman–Crippen LogP) is 2.80. The van der Waals surface area contributed by atoms with E-state index in [4.69, 9.17) is 18.9 Å². The molecule has 2 aromatic carbocycles. The third-order valence-electron chi connectivity index (χ3n) is 8.74. The normalized spacial score (nSPS) is 25.8. The number of aliphatic hydroxyl groups is 1. The largest absolute Gasteiger partial charge is 0.474 e. The third kappa shape index (κ3) is 4.20. The van der Waals surface area contributed by atoms with E-state index in [1.54, 1.807) is 13.8 Å². The quantitative estimate of drug-likeness (QED) is 0.358. The van der Waals surface area contributed by atoms with Crippen molar-refractivity contribution < 1.29 is 28.6 Å². The molecule has 0 radical (unpaired) electrons. The molecule has 7 rings (SSSR count). The van der Waals surface area contributed by atoms with Crippen LogP contribution in [-0.2, 0) is 26.2 Å². The third-order valence-corrected chi connectivity index (χ3v) is 8.74. The number of oxazole rings is 1. The highest BCUT2D eigenvalue weighted by Crippen LogP contribution is 2.58. The Balaban J connectivity index is 1.46. The van der Waals surface area contributed by atoms with E-state index in [0.29, 0.717) is 42.1 Å². The second-order valence-electron chi connectivity index (χ2n) is 12.3. The molecule has 0 saturated heterocycles. The minimum atomic E-state index is -1.25. The lowest BCUT2D eigenvalue weighted by atomic mass is 9.72. The highest BCUT2D eigenvalue weighted by molar-refractivity contribution is 5.96. The molecule has 1 spiro atoms. The first-order valence-electron chi connectivity index (χ1n) is 14.8. The van der Waals surface area contributed by atoms with Gasteiger partial charge in [0.05, 0.1) is 6.54 Å². The zero-order valence-corrected chi connectivity index (χ0v) is 24.5. The fourth-order valence-corrected chi connectivity index (χ4v) is 6.49. The molecule has 11 nitrogen and oxygen atoms in total. The van der Waals surface area contributed by atoms with E-state index < -0.39 is 41.6 Å². The standard InChI is InChI=1S/C32H35N5O6/c1-15(2)23-30-37-24(29-33-11-12-41-29)26(43-30)32-18-7-5-6-8-20(18)35-31(32)42-22-10-9-17(13-19(22)32)14-21(27(39)36-23)34-28(40)25(38)16(3)4/h5-10,13,15-16,21,23,25,31,35,38H,11-12,14H2,1-4H3,(H,34,40)(H,36,39)/t21?,23-,25-,31?,32?/m0/s1. The summed E-state index contributed by atoms with van der Waals surface area (Å²) in [5.74, 6) is 0.466. The summed E-state index contributed by atoms with van der Waals surface area (Å²) >= 11 is 0. The summed E-state index contributed by atoms with van der Waals surface area (Å²) in [5, 5.41) is 19.9. The van der Waals surface area contributed by atoms with Crippen LogP contribution in [0.5, 0.6) is 5.75 Å². The van der Waals surface area contributed by atoms with Crippen molar-refractivity contribution in [2.45, 2.75) is 63.9 Å². The number of ether oxygens (including phenoxy) is 2. The van der Waals surface area contributed by atoms with Gasteiger partial charge in [-0.3, -0.25) is 9.59 Å². The summed E-state index contributed by atoms with van der Waals surface area (Å²) in [4.78, 5) is 36.4. The molecule has 4 bridgehead atoms. The van der Waals surface area contributed by atoms with E-state index in [2.05, 4.69) is 27.0 Å². The van der Waals surface area contributed by atoms with Crippen molar-refractivity contribution in [2.75, 3.05) is 18.5 Å². The summed E-state index contributed by atoms with van der Waals surface area (Å²) in [7, 11) is 0. The maximum Gasteiger partial charge on any atom is 0.249 e. The van der Waals surface area contributed by atoms with Gasteiger partial charge in [0, 0.05) is 17.7 Å². The Kier molecular flexibility index (Phi) is 6.46. The number of anilines is 1. The lowest BCUT2D eigenvalue weighted by Crippen LogP contribution is -2.52. The molecule has 11 heteroatoms. The van der Waals surface area contributed by atoms with E-state index in [1.165, 1.54) is 0 Å². The number of aromatic nitrogens is 1. The maximum absolute atomic E-state index is 13.9. The molecule has 1 aromatic heterocycles. The number of hydrogen-bond donors (Lipinski definition) is 4. The van der Waals surface area contributed by atoms with Gasteiger partial charge in [-0.05, 0) is 35.1 Å². The van der Waals surface area contributed by atoms with Gasteiger partial charge in [0.1, 0.15) is 36.0 Å². The van der Waals surface area contributed by atoms with E-state index >= 15 is 0 Å². The van der Waals surface area contributed by atoms with Crippen LogP contribution in [0.3, 0.4) is 0 Å². The van der Waals surface area contributed by atoms with Gasteiger partial charge in [0.15, 0.2) is 17.7 Å². The molecular formula is C32H35N5O6. The zero-order chi connectivity index (χ0) is 30.0. The Labute approximate surface area is 249 Å². The lowest BCUT2D eigenvalue weighted by molar-refractivity contribution is -0.135. The molecule has 0 aliphatic carbocycles. The van der Waals surface area contributed by atoms with Crippen molar-refractivity contribution >= 4 is 23.4 Å². The first-order chi connectivity index (χ1) is 20.7. The molecule has 43 heavy (non-hydrogen) atoms. The van der Waals surface area contributed by atoms with E-state index in [1.807, 2.05) is 50.2 Å². The maximum atomic E-state index is 13.9. The number of benzene rings is 2. The summed E-state index contributed by atoms with van der Waals surface area (Å²) in [6, 6.07) is 12.2. The molecule has 5 atom stereocenters. The molecule has 3 aromatic rings. The number of nitrogens with one attached hydrogen (secondary N) is 3. The lowest BCUT2D eigenvalue weighted by Gasteiger charge is -2.29. The summed E-state index contributed by atoms with van der Waals surface area (Å²) in [5.41, 5.74) is 3.07. The average Bonchev–Trinajstić information content (AvgIpc) is 3.76. The van der Waals surface area contributed by atoms with Gasteiger partial charge in [-0.15, -0.1) is 0 Å². The Morgan fingerprint density at radius 3 is 2.67 bits per heavy atom. The predicted molar refractivity (Wildman–Crippen MR) is 157 cm³/mol. The van der Waals surface area contributed by atoms with Crippen LogP contribution in [0, 0.1) is 11.8 Å². The number of rotatable bonds is 5. The number of carbonyl (C=O) groups excluding carboxylic acids is 2. The smallest absolute Gasteiger partial charge is 0.249 e. The van der Waals surface area contributed by atoms with Crippen molar-refractivity contribution in [3.05, 3.63) is 76.5 Å². The topological polar surface area (TPSA) is 147 Å². The Morgan fingerprint density at radius 2 is 1.93 bits per heavy atom. The first-order valence-corrected chi connectivity index (χ1v) is 14.8. The van der Waals surface area contributed by atoms with Crippen LogP contribution in [0.25, 0.3) is 0 Å². The average molecular weight is 586 g/mol. The van der Waals surface area contributed by atoms with E-state index in [9.17, 15) is 14.7 Å². The molecule has 0 fully saturated rings. The van der Waals surface area contributed by atoms with E-state index in [-0.39, 0.29) is 18.3 Å². The van der Waals surface area contributed by atoms with Crippen LogP contribution < -0.4 is 20.7 Å². The molecule has 0 saturated carbocycles. The van der Waals surface area contributed by atoms with Crippen molar-refractivity contribution in [2.24, 2.45) is 16.8 Å². The van der Waals surface area contributed by atoms with Gasteiger partial charge >= 0.3 is 0 Å². The van der Waals surface area contributed by atoms with Gasteiger partial charge in [-0.25, -0.2) is 9.98 Å². The van der Waals surface area contributed by atoms with Crippen LogP contribution in [0.15, 0.2) is 51.9 Å². The molecule has 4 N–H and O–H groups in total. The van der Waals surface area contributed by atoms with Crippen molar-refractivity contribution in [1.29, 1.82) is 0 Å². The highest BCUT2D eigenvalue weighted by Gasteiger charge is 2.61. The van der Waals surface area contributed by atoms with Gasteiger partial charge < -0.3 is 34.9 Å². The van der Waals surface area contributed by atoms with E-state index in [0.717, 1.165) is 22.4 Å². The van der Waals surface area contributed by atoms with Crippen molar-refractivity contribution in [3.63, 3.8) is 0 Å². The number of amides is 2. The molecular weight excluding hydrogens is 550 g/mol. The number of nitrogens with zero attached hydrogens (tertiary/aromatic N) is 2. The molecule has 5 heterocycles. The van der Waals surface area contributed by atoms with Gasteiger partial charge in [-0.2, -0.15) is 0 Å². The molecule has 2 amide bonds. The monoisotopic (exact) mass is 585 g/mol. The molecule has 3 unspecified atom stereocenters. The number of fused-ring (bicyclic) bond motifs is 4. The van der Waals surface area contributed by atoms with Crippen LogP contribution in [-0.4, -0.2) is 59.3 Å². The Hall–Kier alpha value is -4.38. The van der Waals surface area contributed by atoms with Crippen LogP contribution >= 0.6 is 0 Å². The van der Waals surface area contributed by atoms with Gasteiger partial charge in [0.25, 0.3) is 0 Å². The number of hydrogen-bond acceptors (Lipinski definition) is 9. The zero-order valence-electron chi connectivity index (χ0n) is 24.5. The van der Waals surface area contributed by atoms with Crippen LogP contribution in [0.1, 0.15) is 67.8 Å². The Bertz CT molecular complexity index is 1650. The number of carbonyl (C=O) groups is 2. The van der Waals surface area contributed by atoms with Crippen molar-refractivity contribution in [1.82, 2.24) is 15.6 Å². The SMILES string of the molecule is CC(C)[C@H](O)C(=O)NC1Cc2ccc3c(c2)C2(c4ccccc4NC2O3)c2oc(nc2C2=NCCO2)[C@H](C(C)C)NC1=O. The molecule has 4 aliphatic rings. The fourth-order valence-electron chi connectivity index (χ4n) is 6.49. The fraction of sp³-hybridized carbons (Fsp3) is 0.438. The minimum Gasteiger partial charge on any atom is -0.474 e. The molecule has 224 valence electrons. The molecule has 4 aliphatic heterocycles.